The van der Waals surface area contributed by atoms with E-state index in [1.54, 1.807) is 30.5 Å². The second-order valence-corrected chi connectivity index (χ2v) is 15.2. The standard InChI is InChI=1S/C25H17ClF3N3O3.C18H12BrClF3N3O2/c26-20-9-14(4-6-19(20)25(27,28)29)11-31-23(34)24(35)32-22-12-30-21-7-5-17(10-18(21)22)16-3-1-2-15(8-16)13-33;19-10-2-4-14-11(6-10)15(8-24-14)26-17(28)16(27)25-7-9-1-3-12(13(20)5-9)18(21,22)23/h1-10,12-13,30H,11H2,(H,31,34)(H,32,35);1-6,8,24H,7H2,(H,25,27)(H,26,28). The first kappa shape index (κ1) is 45.9. The number of halogens is 9. The molecule has 0 aliphatic heterocycles. The van der Waals surface area contributed by atoms with Gasteiger partial charge in [-0.3, -0.25) is 24.0 Å². The van der Waals surface area contributed by atoms with Crippen LogP contribution in [0.1, 0.15) is 32.6 Å². The van der Waals surface area contributed by atoms with Crippen molar-refractivity contribution in [3.63, 3.8) is 0 Å². The largest absolute Gasteiger partial charge is 0.417 e. The Morgan fingerprint density at radius 3 is 1.54 bits per heavy atom. The molecule has 0 saturated heterocycles. The van der Waals surface area contributed by atoms with Gasteiger partial charge in [-0.1, -0.05) is 75.5 Å². The van der Waals surface area contributed by atoms with Gasteiger partial charge in [0.2, 0.25) is 0 Å². The topological polar surface area (TPSA) is 165 Å². The van der Waals surface area contributed by atoms with Gasteiger partial charge in [-0.15, -0.1) is 0 Å². The van der Waals surface area contributed by atoms with Gasteiger partial charge >= 0.3 is 36.0 Å². The molecule has 0 bridgehead atoms. The fourth-order valence-corrected chi connectivity index (χ4v) is 7.05. The number of H-pyrrole nitrogens is 2. The molecule has 0 aliphatic carbocycles. The Morgan fingerprint density at radius 1 is 0.587 bits per heavy atom. The number of anilines is 2. The minimum atomic E-state index is -4.59. The summed E-state index contributed by atoms with van der Waals surface area (Å²) in [5.74, 6) is -3.75. The third-order valence-corrected chi connectivity index (χ3v) is 10.3. The lowest BCUT2D eigenvalue weighted by Gasteiger charge is -2.11. The van der Waals surface area contributed by atoms with E-state index in [0.29, 0.717) is 38.8 Å². The summed E-state index contributed by atoms with van der Waals surface area (Å²) in [7, 11) is 0. The molecule has 20 heteroatoms. The van der Waals surface area contributed by atoms with Crippen LogP contribution in [-0.4, -0.2) is 39.9 Å². The number of nitrogens with one attached hydrogen (secondary N) is 6. The van der Waals surface area contributed by atoms with Crippen LogP contribution in [-0.2, 0) is 44.6 Å². The van der Waals surface area contributed by atoms with E-state index >= 15 is 0 Å². The second-order valence-electron chi connectivity index (χ2n) is 13.5. The maximum atomic E-state index is 12.8. The highest BCUT2D eigenvalue weighted by atomic mass is 79.9. The highest BCUT2D eigenvalue weighted by Gasteiger charge is 2.34. The summed E-state index contributed by atoms with van der Waals surface area (Å²) in [6.07, 6.45) is -5.31. The van der Waals surface area contributed by atoms with E-state index in [9.17, 15) is 50.3 Å². The molecule has 6 N–H and O–H groups in total. The molecular weight excluding hydrogens is 945 g/mol. The maximum absolute atomic E-state index is 12.8. The molecule has 7 rings (SSSR count). The third kappa shape index (κ3) is 11.4. The van der Waals surface area contributed by atoms with Crippen LogP contribution in [0.4, 0.5) is 37.7 Å². The zero-order valence-corrected chi connectivity index (χ0v) is 34.9. The SMILES string of the molecule is O=C(NCc1ccc(C(F)(F)F)c(Cl)c1)C(=O)Nc1c[nH]c2ccc(Br)cc12.O=Cc1cccc(-c2ccc3[nH]cc(NC(=O)C(=O)NCc4ccc(C(F)(F)F)c(Cl)c4)c3c2)c1. The van der Waals surface area contributed by atoms with Gasteiger partial charge < -0.3 is 31.2 Å². The number of benzene rings is 5. The van der Waals surface area contributed by atoms with Crippen molar-refractivity contribution in [1.29, 1.82) is 0 Å². The van der Waals surface area contributed by atoms with Crippen molar-refractivity contribution in [3.8, 4) is 11.1 Å². The number of fused-ring (bicyclic) bond motifs is 2. The summed E-state index contributed by atoms with van der Waals surface area (Å²) in [6.45, 7) is -0.335. The molecule has 2 heterocycles. The fraction of sp³-hybridized carbons (Fsp3) is 0.0930. The molecule has 0 radical (unpaired) electrons. The average molecular weight is 975 g/mol. The molecule has 0 spiro atoms. The van der Waals surface area contributed by atoms with Crippen molar-refractivity contribution in [2.24, 2.45) is 0 Å². The zero-order valence-electron chi connectivity index (χ0n) is 31.8. The number of amides is 4. The van der Waals surface area contributed by atoms with Crippen LogP contribution in [0.5, 0.6) is 0 Å². The molecule has 5 aromatic carbocycles. The molecule has 63 heavy (non-hydrogen) atoms. The van der Waals surface area contributed by atoms with Gasteiger partial charge in [-0.05, 0) is 82.9 Å². The normalized spacial score (nSPS) is 11.4. The van der Waals surface area contributed by atoms with Gasteiger partial charge in [0.05, 0.1) is 32.5 Å². The molecule has 11 nitrogen and oxygen atoms in total. The number of aromatic nitrogens is 2. The monoisotopic (exact) mass is 972 g/mol. The molecular formula is C43H29BrCl2F6N6O5. The van der Waals surface area contributed by atoms with Crippen LogP contribution >= 0.6 is 39.1 Å². The molecule has 4 amide bonds. The number of aldehydes is 1. The summed E-state index contributed by atoms with van der Waals surface area (Å²) in [5.41, 5.74) is 3.11. The maximum Gasteiger partial charge on any atom is 0.417 e. The lowest BCUT2D eigenvalue weighted by atomic mass is 10.0. The predicted molar refractivity (Wildman–Crippen MR) is 229 cm³/mol. The van der Waals surface area contributed by atoms with Gasteiger partial charge in [0, 0.05) is 57.3 Å². The fourth-order valence-electron chi connectivity index (χ4n) is 6.07. The van der Waals surface area contributed by atoms with E-state index in [-0.39, 0.29) is 13.1 Å². The van der Waals surface area contributed by atoms with Crippen LogP contribution in [0.15, 0.2) is 114 Å². The second kappa shape index (κ2) is 19.2. The van der Waals surface area contributed by atoms with Crippen molar-refractivity contribution < 1.29 is 50.3 Å². The van der Waals surface area contributed by atoms with Gasteiger partial charge in [0.25, 0.3) is 0 Å². The Morgan fingerprint density at radius 2 is 1.06 bits per heavy atom. The number of aromatic amines is 2. The van der Waals surface area contributed by atoms with E-state index in [1.807, 2.05) is 36.4 Å². The highest BCUT2D eigenvalue weighted by molar-refractivity contribution is 9.10. The molecule has 0 fully saturated rings. The van der Waals surface area contributed by atoms with Crippen molar-refractivity contribution in [3.05, 3.63) is 152 Å². The number of alkyl halides is 6. The Balaban J connectivity index is 0.000000215. The lowest BCUT2D eigenvalue weighted by Crippen LogP contribution is -2.34. The minimum Gasteiger partial charge on any atom is -0.359 e. The van der Waals surface area contributed by atoms with Crippen LogP contribution in [0, 0.1) is 0 Å². The summed E-state index contributed by atoms with van der Waals surface area (Å²) in [4.78, 5) is 65.8. The summed E-state index contributed by atoms with van der Waals surface area (Å²) >= 11 is 14.7. The van der Waals surface area contributed by atoms with Crippen molar-refractivity contribution >= 4 is 102 Å². The number of carbonyl (C=O) groups is 5. The first-order valence-corrected chi connectivity index (χ1v) is 19.7. The Kier molecular flexibility index (Phi) is 14.0. The first-order chi connectivity index (χ1) is 29.8. The smallest absolute Gasteiger partial charge is 0.359 e. The average Bonchev–Trinajstić information content (AvgIpc) is 3.83. The molecule has 2 aromatic heterocycles. The van der Waals surface area contributed by atoms with Gasteiger partial charge in [-0.2, -0.15) is 26.3 Å². The molecule has 0 atom stereocenters. The molecule has 324 valence electrons. The highest BCUT2D eigenvalue weighted by Crippen LogP contribution is 2.36. The van der Waals surface area contributed by atoms with Gasteiger partial charge in [0.15, 0.2) is 0 Å². The van der Waals surface area contributed by atoms with Gasteiger partial charge in [-0.25, -0.2) is 0 Å². The number of hydrogen-bond acceptors (Lipinski definition) is 5. The molecule has 0 unspecified atom stereocenters. The molecule has 0 saturated carbocycles. The van der Waals surface area contributed by atoms with E-state index in [0.717, 1.165) is 57.2 Å². The third-order valence-electron chi connectivity index (χ3n) is 9.17. The zero-order chi connectivity index (χ0) is 45.6. The Labute approximate surface area is 370 Å². The summed E-state index contributed by atoms with van der Waals surface area (Å²) in [5, 5.41) is 10.1. The first-order valence-electron chi connectivity index (χ1n) is 18.1. The van der Waals surface area contributed by atoms with Gasteiger partial charge in [0.1, 0.15) is 6.29 Å². The minimum absolute atomic E-state index is 0.149. The van der Waals surface area contributed by atoms with E-state index in [2.05, 4.69) is 47.2 Å². The quantitative estimate of drug-likeness (QED) is 0.0506. The molecule has 7 aromatic rings. The lowest BCUT2D eigenvalue weighted by molar-refractivity contribution is -0.138. The van der Waals surface area contributed by atoms with E-state index < -0.39 is 57.2 Å². The van der Waals surface area contributed by atoms with Crippen molar-refractivity contribution in [2.75, 3.05) is 10.6 Å². The van der Waals surface area contributed by atoms with Crippen LogP contribution in [0.2, 0.25) is 10.0 Å². The van der Waals surface area contributed by atoms with Crippen LogP contribution < -0.4 is 21.3 Å². The Bertz CT molecular complexity index is 2900. The van der Waals surface area contributed by atoms with E-state index in [1.165, 1.54) is 18.3 Å². The summed E-state index contributed by atoms with van der Waals surface area (Å²) < 4.78 is 77.4. The number of rotatable bonds is 8. The Hall–Kier alpha value is -6.63. The van der Waals surface area contributed by atoms with Crippen LogP contribution in [0.25, 0.3) is 32.9 Å². The predicted octanol–water partition coefficient (Wildman–Crippen LogP) is 10.4. The molecule has 0 aliphatic rings. The number of hydrogen-bond donors (Lipinski definition) is 6. The number of carbonyl (C=O) groups excluding carboxylic acids is 5. The summed E-state index contributed by atoms with van der Waals surface area (Å²) in [6, 6.07) is 24.1. The van der Waals surface area contributed by atoms with Crippen molar-refractivity contribution in [1.82, 2.24) is 20.6 Å². The van der Waals surface area contributed by atoms with Crippen LogP contribution in [0.3, 0.4) is 0 Å². The van der Waals surface area contributed by atoms with Crippen molar-refractivity contribution in [2.45, 2.75) is 25.4 Å². The van der Waals surface area contributed by atoms with E-state index in [4.69, 9.17) is 23.2 Å².